The molecule has 0 aromatic heterocycles. The number of phenolic OH excluding ortho intramolecular Hbond substituents is 1. The first-order valence-electron chi connectivity index (χ1n) is 3.84. The summed E-state index contributed by atoms with van der Waals surface area (Å²) in [7, 11) is 0. The quantitative estimate of drug-likeness (QED) is 0.739. The van der Waals surface area contributed by atoms with Crippen LogP contribution in [0.3, 0.4) is 0 Å². The van der Waals surface area contributed by atoms with Crippen LogP contribution in [0, 0.1) is 6.92 Å². The number of aromatic hydroxyl groups is 1. The number of hydrogen-bond acceptors (Lipinski definition) is 2. The normalized spacial score (nSPS) is 10.2. The SMILES string of the molecule is Cc1ccc(CCN)c(Cl)c1O. The maximum atomic E-state index is 9.44. The molecule has 1 aromatic rings. The fourth-order valence-corrected chi connectivity index (χ4v) is 1.36. The zero-order valence-electron chi connectivity index (χ0n) is 6.97. The third kappa shape index (κ3) is 1.71. The van der Waals surface area contributed by atoms with Crippen LogP contribution in [0.1, 0.15) is 11.1 Å². The van der Waals surface area contributed by atoms with Crippen LogP contribution in [0.5, 0.6) is 5.75 Å². The van der Waals surface area contributed by atoms with E-state index >= 15 is 0 Å². The van der Waals surface area contributed by atoms with Crippen molar-refractivity contribution in [3.8, 4) is 5.75 Å². The maximum absolute atomic E-state index is 9.44. The average molecular weight is 186 g/mol. The Morgan fingerprint density at radius 1 is 1.50 bits per heavy atom. The van der Waals surface area contributed by atoms with E-state index in [-0.39, 0.29) is 5.75 Å². The number of aryl methyl sites for hydroxylation is 1. The lowest BCUT2D eigenvalue weighted by atomic mass is 10.1. The fourth-order valence-electron chi connectivity index (χ4n) is 1.05. The molecule has 0 fully saturated rings. The molecule has 1 aromatic carbocycles. The lowest BCUT2D eigenvalue weighted by Gasteiger charge is -2.06. The molecular formula is C9H12ClNO. The van der Waals surface area contributed by atoms with Crippen molar-refractivity contribution < 1.29 is 5.11 Å². The minimum absolute atomic E-state index is 0.169. The van der Waals surface area contributed by atoms with E-state index in [1.807, 2.05) is 19.1 Å². The van der Waals surface area contributed by atoms with Crippen molar-refractivity contribution in [2.45, 2.75) is 13.3 Å². The summed E-state index contributed by atoms with van der Waals surface area (Å²) >= 11 is 5.87. The Hall–Kier alpha value is -0.730. The Morgan fingerprint density at radius 3 is 2.75 bits per heavy atom. The predicted molar refractivity (Wildman–Crippen MR) is 50.6 cm³/mol. The maximum Gasteiger partial charge on any atom is 0.137 e. The van der Waals surface area contributed by atoms with Crippen molar-refractivity contribution in [3.05, 3.63) is 28.3 Å². The minimum Gasteiger partial charge on any atom is -0.506 e. The van der Waals surface area contributed by atoms with Gasteiger partial charge in [0.2, 0.25) is 0 Å². The van der Waals surface area contributed by atoms with E-state index in [1.54, 1.807) is 0 Å². The van der Waals surface area contributed by atoms with Crippen LogP contribution in [-0.4, -0.2) is 11.7 Å². The molecule has 0 heterocycles. The van der Waals surface area contributed by atoms with Crippen molar-refractivity contribution in [1.29, 1.82) is 0 Å². The summed E-state index contributed by atoms with van der Waals surface area (Å²) in [5.74, 6) is 0.169. The second-order valence-electron chi connectivity index (χ2n) is 2.74. The molecule has 0 saturated heterocycles. The van der Waals surface area contributed by atoms with Gasteiger partial charge in [-0.2, -0.15) is 0 Å². The molecule has 66 valence electrons. The monoisotopic (exact) mass is 185 g/mol. The van der Waals surface area contributed by atoms with E-state index in [0.717, 1.165) is 11.1 Å². The Labute approximate surface area is 77.0 Å². The summed E-state index contributed by atoms with van der Waals surface area (Å²) in [6.45, 7) is 2.36. The van der Waals surface area contributed by atoms with E-state index < -0.39 is 0 Å². The number of nitrogens with two attached hydrogens (primary N) is 1. The van der Waals surface area contributed by atoms with Gasteiger partial charge < -0.3 is 10.8 Å². The molecule has 2 nitrogen and oxygen atoms in total. The largest absolute Gasteiger partial charge is 0.506 e. The summed E-state index contributed by atoms with van der Waals surface area (Å²) in [5.41, 5.74) is 7.07. The van der Waals surface area contributed by atoms with Gasteiger partial charge in [-0.25, -0.2) is 0 Å². The van der Waals surface area contributed by atoms with Gasteiger partial charge in [0.15, 0.2) is 0 Å². The van der Waals surface area contributed by atoms with Gasteiger partial charge in [0.25, 0.3) is 0 Å². The van der Waals surface area contributed by atoms with Gasteiger partial charge in [0.05, 0.1) is 5.02 Å². The molecule has 0 amide bonds. The van der Waals surface area contributed by atoms with E-state index in [0.29, 0.717) is 18.0 Å². The summed E-state index contributed by atoms with van der Waals surface area (Å²) in [6, 6.07) is 3.73. The van der Waals surface area contributed by atoms with Gasteiger partial charge in [-0.05, 0) is 31.0 Å². The first-order valence-corrected chi connectivity index (χ1v) is 4.21. The molecule has 0 aliphatic rings. The molecule has 0 saturated carbocycles. The van der Waals surface area contributed by atoms with Crippen LogP contribution in [0.4, 0.5) is 0 Å². The van der Waals surface area contributed by atoms with Crippen molar-refractivity contribution >= 4 is 11.6 Å². The standard InChI is InChI=1S/C9H12ClNO/c1-6-2-3-7(4-5-11)8(10)9(6)12/h2-3,12H,4-5,11H2,1H3. The second kappa shape index (κ2) is 3.78. The van der Waals surface area contributed by atoms with Gasteiger partial charge in [0, 0.05) is 0 Å². The van der Waals surface area contributed by atoms with Gasteiger partial charge in [0.1, 0.15) is 5.75 Å². The predicted octanol–water partition coefficient (Wildman–Crippen LogP) is 1.86. The van der Waals surface area contributed by atoms with Gasteiger partial charge in [-0.3, -0.25) is 0 Å². The Balaban J connectivity index is 3.08. The first kappa shape index (κ1) is 9.36. The Morgan fingerprint density at radius 2 is 2.17 bits per heavy atom. The molecule has 0 aliphatic heterocycles. The molecule has 0 radical (unpaired) electrons. The second-order valence-corrected chi connectivity index (χ2v) is 3.12. The summed E-state index contributed by atoms with van der Waals surface area (Å²) in [5, 5.41) is 9.87. The highest BCUT2D eigenvalue weighted by Crippen LogP contribution is 2.30. The van der Waals surface area contributed by atoms with Gasteiger partial charge >= 0.3 is 0 Å². The van der Waals surface area contributed by atoms with E-state index in [2.05, 4.69) is 0 Å². The lowest BCUT2D eigenvalue weighted by Crippen LogP contribution is -2.03. The summed E-state index contributed by atoms with van der Waals surface area (Å²) in [6.07, 6.45) is 0.701. The van der Waals surface area contributed by atoms with E-state index in [9.17, 15) is 5.11 Å². The Bertz CT molecular complexity index is 286. The van der Waals surface area contributed by atoms with Crippen LogP contribution < -0.4 is 5.73 Å². The van der Waals surface area contributed by atoms with Crippen molar-refractivity contribution in [2.75, 3.05) is 6.54 Å². The highest BCUT2D eigenvalue weighted by atomic mass is 35.5. The Kier molecular flexibility index (Phi) is 2.95. The molecule has 12 heavy (non-hydrogen) atoms. The van der Waals surface area contributed by atoms with Crippen molar-refractivity contribution in [3.63, 3.8) is 0 Å². The highest BCUT2D eigenvalue weighted by Gasteiger charge is 2.06. The van der Waals surface area contributed by atoms with Crippen LogP contribution in [0.25, 0.3) is 0 Å². The topological polar surface area (TPSA) is 46.2 Å². The smallest absolute Gasteiger partial charge is 0.137 e. The number of benzene rings is 1. The zero-order chi connectivity index (χ0) is 9.14. The number of rotatable bonds is 2. The molecule has 0 aliphatic carbocycles. The van der Waals surface area contributed by atoms with E-state index in [4.69, 9.17) is 17.3 Å². The summed E-state index contributed by atoms with van der Waals surface area (Å²) < 4.78 is 0. The molecule has 0 unspecified atom stereocenters. The number of hydrogen-bond donors (Lipinski definition) is 2. The van der Waals surface area contributed by atoms with Gasteiger partial charge in [-0.15, -0.1) is 0 Å². The van der Waals surface area contributed by atoms with Gasteiger partial charge in [-0.1, -0.05) is 23.7 Å². The zero-order valence-corrected chi connectivity index (χ0v) is 7.73. The molecule has 3 N–H and O–H groups in total. The first-order chi connectivity index (χ1) is 5.66. The molecule has 0 atom stereocenters. The summed E-state index contributed by atoms with van der Waals surface area (Å²) in [4.78, 5) is 0. The van der Waals surface area contributed by atoms with Crippen LogP contribution in [0.2, 0.25) is 5.02 Å². The molecule has 0 bridgehead atoms. The van der Waals surface area contributed by atoms with Crippen molar-refractivity contribution in [2.24, 2.45) is 5.73 Å². The third-order valence-corrected chi connectivity index (χ3v) is 2.23. The van der Waals surface area contributed by atoms with Crippen LogP contribution in [0.15, 0.2) is 12.1 Å². The number of phenols is 1. The number of halogens is 1. The molecule has 1 rings (SSSR count). The minimum atomic E-state index is 0.169. The van der Waals surface area contributed by atoms with Crippen LogP contribution in [-0.2, 0) is 6.42 Å². The average Bonchev–Trinajstić information content (AvgIpc) is 2.07. The van der Waals surface area contributed by atoms with Crippen molar-refractivity contribution in [1.82, 2.24) is 0 Å². The molecule has 3 heteroatoms. The molecule has 0 spiro atoms. The van der Waals surface area contributed by atoms with E-state index in [1.165, 1.54) is 0 Å². The fraction of sp³-hybridized carbons (Fsp3) is 0.333. The lowest BCUT2D eigenvalue weighted by molar-refractivity contribution is 0.470. The molecular weight excluding hydrogens is 174 g/mol. The van der Waals surface area contributed by atoms with Crippen LogP contribution >= 0.6 is 11.6 Å². The third-order valence-electron chi connectivity index (χ3n) is 1.81. The highest BCUT2D eigenvalue weighted by molar-refractivity contribution is 6.32.